The Balaban J connectivity index is 1.93. The van der Waals surface area contributed by atoms with Crippen LogP contribution in [0.25, 0.3) is 0 Å². The average molecular weight is 352 g/mol. The maximum Gasteiger partial charge on any atom is 0.341 e. The molecule has 3 rings (SSSR count). The van der Waals surface area contributed by atoms with E-state index in [0.717, 1.165) is 25.1 Å². The first-order valence-corrected chi connectivity index (χ1v) is 8.80. The molecule has 7 heteroatoms. The molecule has 2 saturated heterocycles. The Hall–Kier alpha value is -1.70. The molecule has 3 aliphatic heterocycles. The van der Waals surface area contributed by atoms with Crippen molar-refractivity contribution in [2.75, 3.05) is 26.3 Å². The highest BCUT2D eigenvalue weighted by molar-refractivity contribution is 5.89. The quantitative estimate of drug-likeness (QED) is 0.310. The molecule has 7 nitrogen and oxygen atoms in total. The molecule has 138 valence electrons. The number of hydrogen-bond donors (Lipinski definition) is 3. The summed E-state index contributed by atoms with van der Waals surface area (Å²) in [4.78, 5) is 26.3. The van der Waals surface area contributed by atoms with Gasteiger partial charge >= 0.3 is 11.9 Å². The second-order valence-electron chi connectivity index (χ2n) is 7.18. The van der Waals surface area contributed by atoms with Gasteiger partial charge in [-0.25, -0.2) is 9.59 Å². The summed E-state index contributed by atoms with van der Waals surface area (Å²) >= 11 is 0. The second-order valence-corrected chi connectivity index (χ2v) is 7.18. The number of rotatable bonds is 1. The van der Waals surface area contributed by atoms with Gasteiger partial charge in [-0.3, -0.25) is 0 Å². The van der Waals surface area contributed by atoms with E-state index in [4.69, 9.17) is 9.47 Å². The molecular formula is C18H26NO6+. The third-order valence-electron chi connectivity index (χ3n) is 5.76. The van der Waals surface area contributed by atoms with E-state index < -0.39 is 30.1 Å². The number of aliphatic hydroxyl groups is 2. The van der Waals surface area contributed by atoms with Gasteiger partial charge in [0.1, 0.15) is 6.61 Å². The Morgan fingerprint density at radius 2 is 2.20 bits per heavy atom. The molecular weight excluding hydrogens is 326 g/mol. The molecule has 0 aromatic rings. The normalized spacial score (nSPS) is 40.6. The number of quaternary nitrogens is 1. The molecule has 1 unspecified atom stereocenters. The zero-order valence-corrected chi connectivity index (χ0v) is 14.7. The topological polar surface area (TPSA) is 97.5 Å². The Morgan fingerprint density at radius 1 is 1.44 bits per heavy atom. The Kier molecular flexibility index (Phi) is 4.99. The maximum absolute atomic E-state index is 12.6. The zero-order chi connectivity index (χ0) is 18.2. The summed E-state index contributed by atoms with van der Waals surface area (Å²) in [5.74, 6) is -1.96. The number of ether oxygens (including phenoxy) is 2. The summed E-state index contributed by atoms with van der Waals surface area (Å²) in [7, 11) is 0. The van der Waals surface area contributed by atoms with E-state index in [1.807, 2.05) is 6.08 Å². The fourth-order valence-corrected chi connectivity index (χ4v) is 4.03. The predicted molar refractivity (Wildman–Crippen MR) is 87.6 cm³/mol. The first-order valence-electron chi connectivity index (χ1n) is 8.80. The van der Waals surface area contributed by atoms with Crippen molar-refractivity contribution in [1.29, 1.82) is 0 Å². The summed E-state index contributed by atoms with van der Waals surface area (Å²) in [5.41, 5.74) is -0.743. The molecule has 0 aromatic carbocycles. The summed E-state index contributed by atoms with van der Waals surface area (Å²) in [6.45, 7) is 4.33. The van der Waals surface area contributed by atoms with Crippen LogP contribution in [0.3, 0.4) is 0 Å². The summed E-state index contributed by atoms with van der Waals surface area (Å²) in [6.07, 6.45) is 4.33. The highest BCUT2D eigenvalue weighted by atomic mass is 16.6. The molecule has 3 N–H and O–H groups in total. The van der Waals surface area contributed by atoms with Crippen LogP contribution >= 0.6 is 0 Å². The molecule has 5 atom stereocenters. The lowest BCUT2D eigenvalue weighted by Crippen LogP contribution is -3.12. The van der Waals surface area contributed by atoms with E-state index in [2.05, 4.69) is 0 Å². The number of esters is 2. The van der Waals surface area contributed by atoms with Crippen molar-refractivity contribution < 1.29 is 34.2 Å². The maximum atomic E-state index is 12.6. The Morgan fingerprint density at radius 3 is 2.88 bits per heavy atom. The minimum Gasteiger partial charge on any atom is -0.459 e. The average Bonchev–Trinajstić information content (AvgIpc) is 3.18. The van der Waals surface area contributed by atoms with Crippen LogP contribution in [-0.2, 0) is 19.1 Å². The van der Waals surface area contributed by atoms with Crippen molar-refractivity contribution in [1.82, 2.24) is 0 Å². The molecule has 0 radical (unpaired) electrons. The van der Waals surface area contributed by atoms with Gasteiger partial charge in [0.2, 0.25) is 0 Å². The van der Waals surface area contributed by atoms with Crippen molar-refractivity contribution in [3.63, 3.8) is 0 Å². The molecule has 2 fully saturated rings. The highest BCUT2D eigenvalue weighted by Crippen LogP contribution is 2.29. The lowest BCUT2D eigenvalue weighted by atomic mass is 9.84. The van der Waals surface area contributed by atoms with E-state index in [9.17, 15) is 19.8 Å². The largest absolute Gasteiger partial charge is 0.459 e. The number of carbonyl (C=O) groups excluding carboxylic acids is 2. The molecule has 0 amide bonds. The third-order valence-corrected chi connectivity index (χ3v) is 5.76. The van der Waals surface area contributed by atoms with Crippen LogP contribution in [0.15, 0.2) is 23.3 Å². The van der Waals surface area contributed by atoms with E-state index in [1.165, 1.54) is 4.90 Å². The van der Waals surface area contributed by atoms with E-state index in [0.29, 0.717) is 5.57 Å². The zero-order valence-electron chi connectivity index (χ0n) is 14.7. The monoisotopic (exact) mass is 352 g/mol. The number of nitrogens with one attached hydrogen (secondary N) is 1. The summed E-state index contributed by atoms with van der Waals surface area (Å²) < 4.78 is 11.1. The first kappa shape index (κ1) is 18.1. The van der Waals surface area contributed by atoms with Gasteiger partial charge in [-0.15, -0.1) is 0 Å². The lowest BCUT2D eigenvalue weighted by Gasteiger charge is -2.31. The van der Waals surface area contributed by atoms with Gasteiger partial charge in [-0.2, -0.15) is 0 Å². The van der Waals surface area contributed by atoms with Crippen molar-refractivity contribution in [2.24, 2.45) is 5.92 Å². The highest BCUT2D eigenvalue weighted by Gasteiger charge is 2.49. The number of allylic oxidation sites excluding steroid dienone is 1. The second kappa shape index (κ2) is 6.90. The molecule has 0 bridgehead atoms. The van der Waals surface area contributed by atoms with Crippen LogP contribution in [0.1, 0.15) is 26.7 Å². The molecule has 3 heterocycles. The molecule has 0 saturated carbocycles. The third kappa shape index (κ3) is 3.12. The number of hydrogen-bond acceptors (Lipinski definition) is 6. The number of cyclic esters (lactones) is 1. The van der Waals surface area contributed by atoms with Crippen LogP contribution in [-0.4, -0.2) is 66.2 Å². The van der Waals surface area contributed by atoms with Crippen molar-refractivity contribution >= 4 is 11.9 Å². The van der Waals surface area contributed by atoms with Crippen LogP contribution in [0.2, 0.25) is 0 Å². The minimum absolute atomic E-state index is 0.00562. The van der Waals surface area contributed by atoms with Gasteiger partial charge < -0.3 is 24.6 Å². The Labute approximate surface area is 146 Å². The fraction of sp³-hybridized carbons (Fsp3) is 0.667. The smallest absolute Gasteiger partial charge is 0.341 e. The fourth-order valence-electron chi connectivity index (χ4n) is 4.03. The van der Waals surface area contributed by atoms with Crippen LogP contribution in [0.5, 0.6) is 0 Å². The van der Waals surface area contributed by atoms with E-state index in [-0.39, 0.29) is 25.2 Å². The van der Waals surface area contributed by atoms with Gasteiger partial charge in [-0.1, -0.05) is 13.0 Å². The predicted octanol–water partition coefficient (Wildman–Crippen LogP) is -1.25. The van der Waals surface area contributed by atoms with Gasteiger partial charge in [0, 0.05) is 23.5 Å². The summed E-state index contributed by atoms with van der Waals surface area (Å²) in [5, 5.41) is 20.2. The van der Waals surface area contributed by atoms with Crippen molar-refractivity contribution in [2.45, 2.75) is 44.4 Å². The molecule has 0 aliphatic carbocycles. The number of aliphatic hydroxyl groups excluding tert-OH is 1. The molecule has 0 aromatic heterocycles. The molecule has 0 spiro atoms. The SMILES string of the molecule is C/C=C1\C[C@@H](C)[C@@](O)(CO)C(=O)OCC2=CC[NH+]3CC[C@H](OC1=O)[C@H]23. The first-order chi connectivity index (χ1) is 11.9. The van der Waals surface area contributed by atoms with Crippen LogP contribution < -0.4 is 4.90 Å². The van der Waals surface area contributed by atoms with Crippen molar-refractivity contribution in [3.05, 3.63) is 23.3 Å². The minimum atomic E-state index is -2.05. The standard InChI is InChI=1S/C18H25NO6/c1-3-12-8-11(2)18(23,10-20)17(22)24-9-13-4-6-19-7-5-14(15(13)19)25-16(12)21/h3-4,11,14-15,20,23H,5-10H2,1-2H3/p+1/b12-3+/t11-,14+,15+,18+/m1/s1. The van der Waals surface area contributed by atoms with Gasteiger partial charge in [0.15, 0.2) is 17.7 Å². The van der Waals surface area contributed by atoms with Crippen molar-refractivity contribution in [3.8, 4) is 0 Å². The lowest BCUT2D eigenvalue weighted by molar-refractivity contribution is -0.896. The molecule has 25 heavy (non-hydrogen) atoms. The van der Waals surface area contributed by atoms with E-state index in [1.54, 1.807) is 19.9 Å². The van der Waals surface area contributed by atoms with Crippen LogP contribution in [0.4, 0.5) is 0 Å². The van der Waals surface area contributed by atoms with Gasteiger partial charge in [0.05, 0.1) is 19.7 Å². The summed E-state index contributed by atoms with van der Waals surface area (Å²) in [6, 6.07) is -0.00562. The number of carbonyl (C=O) groups is 2. The van der Waals surface area contributed by atoms with E-state index >= 15 is 0 Å². The van der Waals surface area contributed by atoms with Gasteiger partial charge in [0.25, 0.3) is 0 Å². The van der Waals surface area contributed by atoms with Gasteiger partial charge in [-0.05, 0) is 19.4 Å². The Bertz CT molecular complexity index is 627. The molecule has 3 aliphatic rings. The van der Waals surface area contributed by atoms with Crippen LogP contribution in [0, 0.1) is 5.92 Å².